The van der Waals surface area contributed by atoms with Crippen LogP contribution in [0.4, 0.5) is 0 Å². The topological polar surface area (TPSA) is 46.5 Å². The first kappa shape index (κ1) is 15.4. The third-order valence-electron chi connectivity index (χ3n) is 4.29. The molecule has 0 bridgehead atoms. The highest BCUT2D eigenvalue weighted by Crippen LogP contribution is 2.38. The molecule has 1 saturated carbocycles. The Kier molecular flexibility index (Phi) is 5.08. The number of rotatable bonds is 4. The summed E-state index contributed by atoms with van der Waals surface area (Å²) in [6.45, 7) is 2.21. The van der Waals surface area contributed by atoms with Crippen LogP contribution in [0, 0.1) is 17.8 Å². The van der Waals surface area contributed by atoms with Gasteiger partial charge in [0.05, 0.1) is 13.0 Å². The Labute approximate surface area is 128 Å². The number of halogens is 1. The fourth-order valence-electron chi connectivity index (χ4n) is 3.24. The highest BCUT2D eigenvalue weighted by atomic mass is 79.9. The summed E-state index contributed by atoms with van der Waals surface area (Å²) in [6, 6.07) is 5.92. The van der Waals surface area contributed by atoms with E-state index in [1.54, 1.807) is 7.11 Å². The molecule has 1 fully saturated rings. The van der Waals surface area contributed by atoms with Gasteiger partial charge in [-0.15, -0.1) is 0 Å². The summed E-state index contributed by atoms with van der Waals surface area (Å²) >= 11 is 3.47. The van der Waals surface area contributed by atoms with Crippen molar-refractivity contribution in [3.05, 3.63) is 28.2 Å². The molecule has 1 aliphatic rings. The smallest absolute Gasteiger partial charge is 0.306 e. The number of hydrogen-bond acceptors (Lipinski definition) is 2. The van der Waals surface area contributed by atoms with Crippen LogP contribution in [0.15, 0.2) is 22.7 Å². The number of ether oxygens (including phenoxy) is 1. The molecule has 1 aromatic carbocycles. The molecule has 3 nitrogen and oxygen atoms in total. The molecule has 0 saturated heterocycles. The van der Waals surface area contributed by atoms with Crippen LogP contribution in [-0.2, 0) is 11.2 Å². The van der Waals surface area contributed by atoms with Gasteiger partial charge in [-0.1, -0.05) is 22.9 Å². The number of aliphatic carboxylic acids is 1. The van der Waals surface area contributed by atoms with Crippen LogP contribution >= 0.6 is 15.9 Å². The Morgan fingerprint density at radius 3 is 2.85 bits per heavy atom. The van der Waals surface area contributed by atoms with Gasteiger partial charge in [-0.3, -0.25) is 4.79 Å². The molecule has 0 aromatic heterocycles. The summed E-state index contributed by atoms with van der Waals surface area (Å²) in [7, 11) is 1.66. The molecule has 0 amide bonds. The summed E-state index contributed by atoms with van der Waals surface area (Å²) < 4.78 is 6.40. The zero-order valence-corrected chi connectivity index (χ0v) is 13.5. The zero-order chi connectivity index (χ0) is 14.7. The molecule has 3 unspecified atom stereocenters. The van der Waals surface area contributed by atoms with E-state index in [1.165, 1.54) is 0 Å². The molecule has 0 radical (unpaired) electrons. The van der Waals surface area contributed by atoms with Gasteiger partial charge in [0.15, 0.2) is 0 Å². The quantitative estimate of drug-likeness (QED) is 0.895. The van der Waals surface area contributed by atoms with Gasteiger partial charge in [0, 0.05) is 4.47 Å². The van der Waals surface area contributed by atoms with Gasteiger partial charge in [-0.2, -0.15) is 0 Å². The zero-order valence-electron chi connectivity index (χ0n) is 11.9. The Balaban J connectivity index is 2.21. The molecule has 2 rings (SSSR count). The summed E-state index contributed by atoms with van der Waals surface area (Å²) in [4.78, 5) is 11.4. The van der Waals surface area contributed by atoms with E-state index in [-0.39, 0.29) is 11.8 Å². The summed E-state index contributed by atoms with van der Waals surface area (Å²) in [5.74, 6) is 0.759. The van der Waals surface area contributed by atoms with Crippen molar-refractivity contribution in [3.63, 3.8) is 0 Å². The lowest BCUT2D eigenvalue weighted by Crippen LogP contribution is -2.31. The van der Waals surface area contributed by atoms with E-state index in [9.17, 15) is 9.90 Å². The SMILES string of the molecule is COc1ccc(Br)cc1CC1CC(C)CCC1C(=O)O. The monoisotopic (exact) mass is 340 g/mol. The van der Waals surface area contributed by atoms with Crippen LogP contribution in [0.1, 0.15) is 31.7 Å². The molecule has 4 heteroatoms. The van der Waals surface area contributed by atoms with Gasteiger partial charge in [-0.25, -0.2) is 0 Å². The molecule has 110 valence electrons. The fraction of sp³-hybridized carbons (Fsp3) is 0.562. The first-order valence-corrected chi connectivity index (χ1v) is 7.85. The van der Waals surface area contributed by atoms with Gasteiger partial charge < -0.3 is 9.84 Å². The third kappa shape index (κ3) is 3.54. The first-order valence-electron chi connectivity index (χ1n) is 7.06. The molecular weight excluding hydrogens is 320 g/mol. The molecule has 1 N–H and O–H groups in total. The number of benzene rings is 1. The molecule has 20 heavy (non-hydrogen) atoms. The van der Waals surface area contributed by atoms with Crippen molar-refractivity contribution in [3.8, 4) is 5.75 Å². The Bertz CT molecular complexity index is 487. The molecule has 1 aromatic rings. The third-order valence-corrected chi connectivity index (χ3v) is 4.78. The largest absolute Gasteiger partial charge is 0.496 e. The molecule has 0 aliphatic heterocycles. The van der Waals surface area contributed by atoms with Crippen molar-refractivity contribution < 1.29 is 14.6 Å². The van der Waals surface area contributed by atoms with E-state index >= 15 is 0 Å². The molecule has 3 atom stereocenters. The minimum atomic E-state index is -0.657. The highest BCUT2D eigenvalue weighted by Gasteiger charge is 2.34. The van der Waals surface area contributed by atoms with Crippen molar-refractivity contribution in [2.45, 2.75) is 32.6 Å². The average Bonchev–Trinajstić information content (AvgIpc) is 2.38. The van der Waals surface area contributed by atoms with E-state index in [4.69, 9.17) is 4.74 Å². The predicted molar refractivity (Wildman–Crippen MR) is 82.0 cm³/mol. The van der Waals surface area contributed by atoms with Gasteiger partial charge in [0.1, 0.15) is 5.75 Å². The average molecular weight is 341 g/mol. The maximum atomic E-state index is 11.4. The lowest BCUT2D eigenvalue weighted by molar-refractivity contribution is -0.145. The van der Waals surface area contributed by atoms with E-state index in [0.717, 1.165) is 41.5 Å². The van der Waals surface area contributed by atoms with Crippen molar-refractivity contribution in [2.24, 2.45) is 17.8 Å². The fourth-order valence-corrected chi connectivity index (χ4v) is 3.65. The Morgan fingerprint density at radius 1 is 1.45 bits per heavy atom. The van der Waals surface area contributed by atoms with Crippen LogP contribution in [0.5, 0.6) is 5.75 Å². The van der Waals surface area contributed by atoms with Gasteiger partial charge in [-0.05, 0) is 61.3 Å². The van der Waals surface area contributed by atoms with Crippen LogP contribution < -0.4 is 4.74 Å². The van der Waals surface area contributed by atoms with Crippen molar-refractivity contribution in [1.82, 2.24) is 0 Å². The van der Waals surface area contributed by atoms with Crippen LogP contribution in [0.3, 0.4) is 0 Å². The number of hydrogen-bond donors (Lipinski definition) is 1. The van der Waals surface area contributed by atoms with Crippen molar-refractivity contribution in [2.75, 3.05) is 7.11 Å². The maximum absolute atomic E-state index is 11.4. The van der Waals surface area contributed by atoms with Crippen LogP contribution in [0.25, 0.3) is 0 Å². The van der Waals surface area contributed by atoms with E-state index in [1.807, 2.05) is 18.2 Å². The van der Waals surface area contributed by atoms with Crippen molar-refractivity contribution in [1.29, 1.82) is 0 Å². The molecule has 0 spiro atoms. The lowest BCUT2D eigenvalue weighted by Gasteiger charge is -2.32. The van der Waals surface area contributed by atoms with Crippen LogP contribution in [-0.4, -0.2) is 18.2 Å². The summed E-state index contributed by atoms with van der Waals surface area (Å²) in [5, 5.41) is 9.41. The normalized spacial score (nSPS) is 26.2. The number of methoxy groups -OCH3 is 1. The van der Waals surface area contributed by atoms with E-state index in [0.29, 0.717) is 5.92 Å². The van der Waals surface area contributed by atoms with Gasteiger partial charge in [0.2, 0.25) is 0 Å². The van der Waals surface area contributed by atoms with Gasteiger partial charge in [0.25, 0.3) is 0 Å². The second-order valence-corrected chi connectivity index (χ2v) is 6.70. The first-order chi connectivity index (χ1) is 9.51. The Morgan fingerprint density at radius 2 is 2.20 bits per heavy atom. The minimum absolute atomic E-state index is 0.194. The lowest BCUT2D eigenvalue weighted by atomic mass is 9.72. The van der Waals surface area contributed by atoms with E-state index < -0.39 is 5.97 Å². The summed E-state index contributed by atoms with van der Waals surface area (Å²) in [5.41, 5.74) is 1.09. The second-order valence-electron chi connectivity index (χ2n) is 5.78. The second kappa shape index (κ2) is 6.61. The maximum Gasteiger partial charge on any atom is 0.306 e. The van der Waals surface area contributed by atoms with Gasteiger partial charge >= 0.3 is 5.97 Å². The number of carboxylic acids is 1. The van der Waals surface area contributed by atoms with Crippen molar-refractivity contribution >= 4 is 21.9 Å². The highest BCUT2D eigenvalue weighted by molar-refractivity contribution is 9.10. The molecule has 0 heterocycles. The summed E-state index contributed by atoms with van der Waals surface area (Å²) in [6.07, 6.45) is 3.55. The standard InChI is InChI=1S/C16H21BrO3/c1-10-3-5-14(16(18)19)11(7-10)8-12-9-13(17)4-6-15(12)20-2/h4,6,9-11,14H,3,5,7-8H2,1-2H3,(H,18,19). The van der Waals surface area contributed by atoms with Crippen LogP contribution in [0.2, 0.25) is 0 Å². The predicted octanol–water partition coefficient (Wildman–Crippen LogP) is 4.14. The molecular formula is C16H21BrO3. The minimum Gasteiger partial charge on any atom is -0.496 e. The number of carbonyl (C=O) groups is 1. The molecule has 1 aliphatic carbocycles. The van der Waals surface area contributed by atoms with E-state index in [2.05, 4.69) is 22.9 Å². The Hall–Kier alpha value is -1.03. The number of carboxylic acid groups (broad SMARTS) is 1.